The molecule has 0 aliphatic rings. The number of aromatic nitrogens is 1. The van der Waals surface area contributed by atoms with Gasteiger partial charge in [-0.05, 0) is 5.25 Å². The molecule has 1 rings (SSSR count). The molecule has 0 radical (unpaired) electrons. The third-order valence-electron chi connectivity index (χ3n) is 1.08. The lowest BCUT2D eigenvalue weighted by atomic mass is 10.6. The highest BCUT2D eigenvalue weighted by Gasteiger charge is 2.00. The first kappa shape index (κ1) is 9.36. The normalized spacial score (nSPS) is 10.9. The van der Waals surface area contributed by atoms with Gasteiger partial charge in [-0.1, -0.05) is 25.4 Å². The Morgan fingerprint density at radius 2 is 2.45 bits per heavy atom. The lowest BCUT2D eigenvalue weighted by Crippen LogP contribution is -1.85. The predicted molar refractivity (Wildman–Crippen MR) is 53.6 cm³/mol. The second-order valence-corrected chi connectivity index (χ2v) is 5.70. The summed E-state index contributed by atoms with van der Waals surface area (Å²) in [5.74, 6) is 1.03. The van der Waals surface area contributed by atoms with Crippen LogP contribution in [0.5, 0.6) is 0 Å². The maximum Gasteiger partial charge on any atom is 0.183 e. The molecule has 0 aromatic carbocycles. The molecule has 1 aromatic rings. The minimum Gasteiger partial charge on any atom is -0.233 e. The highest BCUT2D eigenvalue weighted by atomic mass is 35.5. The summed E-state index contributed by atoms with van der Waals surface area (Å²) >= 11 is 9.15. The molecule has 0 amide bonds. The standard InChI is InChI=1S/C7H10ClNS2/c1-5(2)10-4-6-3-9-7(8)11-6/h3,5H,4H2,1-2H3. The van der Waals surface area contributed by atoms with Gasteiger partial charge in [0.1, 0.15) is 0 Å². The van der Waals surface area contributed by atoms with Crippen LogP contribution in [-0.2, 0) is 5.75 Å². The van der Waals surface area contributed by atoms with Crippen molar-refractivity contribution in [1.82, 2.24) is 4.98 Å². The fourth-order valence-electron chi connectivity index (χ4n) is 0.599. The minimum absolute atomic E-state index is 0.643. The van der Waals surface area contributed by atoms with Crippen LogP contribution >= 0.6 is 34.7 Å². The molecule has 0 unspecified atom stereocenters. The lowest BCUT2D eigenvalue weighted by molar-refractivity contribution is 1.11. The third-order valence-corrected chi connectivity index (χ3v) is 3.53. The van der Waals surface area contributed by atoms with Crippen LogP contribution in [0.4, 0.5) is 0 Å². The molecule has 1 heterocycles. The summed E-state index contributed by atoms with van der Waals surface area (Å²) in [6.07, 6.45) is 1.85. The molecule has 0 saturated carbocycles. The third kappa shape index (κ3) is 3.45. The Morgan fingerprint density at radius 1 is 1.73 bits per heavy atom. The molecule has 11 heavy (non-hydrogen) atoms. The number of rotatable bonds is 3. The Labute approximate surface area is 80.2 Å². The average molecular weight is 208 g/mol. The van der Waals surface area contributed by atoms with Crippen molar-refractivity contribution in [2.45, 2.75) is 24.9 Å². The summed E-state index contributed by atoms with van der Waals surface area (Å²) in [4.78, 5) is 5.22. The molecular formula is C7H10ClNS2. The van der Waals surface area contributed by atoms with Crippen molar-refractivity contribution >= 4 is 34.7 Å². The van der Waals surface area contributed by atoms with Gasteiger partial charge in [0.05, 0.1) is 0 Å². The number of thioether (sulfide) groups is 1. The van der Waals surface area contributed by atoms with Crippen molar-refractivity contribution < 1.29 is 0 Å². The van der Waals surface area contributed by atoms with Gasteiger partial charge in [-0.25, -0.2) is 4.98 Å². The first-order chi connectivity index (χ1) is 5.18. The highest BCUT2D eigenvalue weighted by molar-refractivity contribution is 7.99. The van der Waals surface area contributed by atoms with E-state index in [0.717, 1.165) is 5.75 Å². The largest absolute Gasteiger partial charge is 0.233 e. The number of hydrogen-bond acceptors (Lipinski definition) is 3. The maximum absolute atomic E-state index is 5.67. The van der Waals surface area contributed by atoms with Crippen molar-refractivity contribution in [3.8, 4) is 0 Å². The van der Waals surface area contributed by atoms with Gasteiger partial charge in [-0.15, -0.1) is 11.3 Å². The number of thiazole rings is 1. The van der Waals surface area contributed by atoms with Crippen molar-refractivity contribution in [3.05, 3.63) is 15.5 Å². The van der Waals surface area contributed by atoms with Gasteiger partial charge in [-0.2, -0.15) is 11.8 Å². The maximum atomic E-state index is 5.67. The van der Waals surface area contributed by atoms with E-state index in [1.165, 1.54) is 4.88 Å². The number of hydrogen-bond donors (Lipinski definition) is 0. The van der Waals surface area contributed by atoms with Crippen molar-refractivity contribution in [2.24, 2.45) is 0 Å². The summed E-state index contributed by atoms with van der Waals surface area (Å²) < 4.78 is 0.643. The summed E-state index contributed by atoms with van der Waals surface area (Å²) in [7, 11) is 0. The van der Waals surface area contributed by atoms with Crippen LogP contribution < -0.4 is 0 Å². The van der Waals surface area contributed by atoms with E-state index in [1.54, 1.807) is 11.3 Å². The molecule has 0 N–H and O–H groups in total. The van der Waals surface area contributed by atoms with E-state index in [-0.39, 0.29) is 0 Å². The average Bonchev–Trinajstić information content (AvgIpc) is 2.31. The van der Waals surface area contributed by atoms with E-state index < -0.39 is 0 Å². The molecule has 0 saturated heterocycles. The predicted octanol–water partition coefficient (Wildman–Crippen LogP) is 3.44. The van der Waals surface area contributed by atoms with Crippen LogP contribution in [-0.4, -0.2) is 10.2 Å². The van der Waals surface area contributed by atoms with Gasteiger partial charge in [0.25, 0.3) is 0 Å². The van der Waals surface area contributed by atoms with Crippen molar-refractivity contribution in [2.75, 3.05) is 0 Å². The number of nitrogens with zero attached hydrogens (tertiary/aromatic N) is 1. The smallest absolute Gasteiger partial charge is 0.183 e. The van der Waals surface area contributed by atoms with E-state index in [2.05, 4.69) is 18.8 Å². The van der Waals surface area contributed by atoms with Gasteiger partial charge in [-0.3, -0.25) is 0 Å². The second kappa shape index (κ2) is 4.33. The minimum atomic E-state index is 0.643. The van der Waals surface area contributed by atoms with Crippen molar-refractivity contribution in [1.29, 1.82) is 0 Å². The van der Waals surface area contributed by atoms with Gasteiger partial charge in [0.2, 0.25) is 0 Å². The summed E-state index contributed by atoms with van der Waals surface area (Å²) in [5, 5.41) is 0.677. The van der Waals surface area contributed by atoms with E-state index in [9.17, 15) is 0 Å². The molecule has 0 aliphatic carbocycles. The molecule has 0 spiro atoms. The van der Waals surface area contributed by atoms with Crippen LogP contribution in [0.25, 0.3) is 0 Å². The van der Waals surface area contributed by atoms with Crippen LogP contribution in [0.2, 0.25) is 4.47 Å². The Kier molecular flexibility index (Phi) is 3.69. The van der Waals surface area contributed by atoms with Gasteiger partial charge in [0.15, 0.2) is 4.47 Å². The Bertz CT molecular complexity index is 222. The van der Waals surface area contributed by atoms with E-state index in [1.807, 2.05) is 18.0 Å². The Morgan fingerprint density at radius 3 is 2.91 bits per heavy atom. The summed E-state index contributed by atoms with van der Waals surface area (Å²) in [6.45, 7) is 4.38. The fourth-order valence-corrected chi connectivity index (χ4v) is 2.38. The zero-order valence-electron chi connectivity index (χ0n) is 6.50. The van der Waals surface area contributed by atoms with E-state index >= 15 is 0 Å². The molecule has 4 heteroatoms. The monoisotopic (exact) mass is 207 g/mol. The Hall–Kier alpha value is 0.270. The van der Waals surface area contributed by atoms with Crippen LogP contribution in [0.3, 0.4) is 0 Å². The fraction of sp³-hybridized carbons (Fsp3) is 0.571. The van der Waals surface area contributed by atoms with Crippen LogP contribution in [0.1, 0.15) is 18.7 Å². The molecule has 0 aliphatic heterocycles. The van der Waals surface area contributed by atoms with Gasteiger partial charge < -0.3 is 0 Å². The molecule has 1 aromatic heterocycles. The Balaban J connectivity index is 2.39. The molecule has 1 nitrogen and oxygen atoms in total. The summed E-state index contributed by atoms with van der Waals surface area (Å²) in [5.41, 5.74) is 0. The molecule has 0 fully saturated rings. The second-order valence-electron chi connectivity index (χ2n) is 2.44. The number of halogens is 1. The van der Waals surface area contributed by atoms with Gasteiger partial charge >= 0.3 is 0 Å². The topological polar surface area (TPSA) is 12.9 Å². The van der Waals surface area contributed by atoms with Gasteiger partial charge in [0, 0.05) is 16.8 Å². The highest BCUT2D eigenvalue weighted by Crippen LogP contribution is 2.24. The van der Waals surface area contributed by atoms with Crippen LogP contribution in [0, 0.1) is 0 Å². The molecule has 62 valence electrons. The SMILES string of the molecule is CC(C)SCc1cnc(Cl)s1. The first-order valence-corrected chi connectivity index (χ1v) is 5.64. The quantitative estimate of drug-likeness (QED) is 0.753. The molecule has 0 atom stereocenters. The summed E-state index contributed by atoms with van der Waals surface area (Å²) in [6, 6.07) is 0. The van der Waals surface area contributed by atoms with Crippen LogP contribution in [0.15, 0.2) is 6.20 Å². The zero-order chi connectivity index (χ0) is 8.27. The molecular weight excluding hydrogens is 198 g/mol. The zero-order valence-corrected chi connectivity index (χ0v) is 8.89. The van der Waals surface area contributed by atoms with Crippen molar-refractivity contribution in [3.63, 3.8) is 0 Å². The van der Waals surface area contributed by atoms with E-state index in [0.29, 0.717) is 9.72 Å². The molecule has 0 bridgehead atoms. The first-order valence-electron chi connectivity index (χ1n) is 3.40. The lowest BCUT2D eigenvalue weighted by Gasteiger charge is -2.00. The van der Waals surface area contributed by atoms with E-state index in [4.69, 9.17) is 11.6 Å².